The van der Waals surface area contributed by atoms with E-state index >= 15 is 0 Å². The van der Waals surface area contributed by atoms with Gasteiger partial charge in [-0.1, -0.05) is 32.0 Å². The Kier molecular flexibility index (Phi) is 6.86. The second-order valence-corrected chi connectivity index (χ2v) is 8.79. The number of aryl methyl sites for hydroxylation is 2. The van der Waals surface area contributed by atoms with Gasteiger partial charge in [0.05, 0.1) is 11.7 Å². The third-order valence-electron chi connectivity index (χ3n) is 5.56. The van der Waals surface area contributed by atoms with Gasteiger partial charge >= 0.3 is 6.09 Å². The maximum absolute atomic E-state index is 14.8. The van der Waals surface area contributed by atoms with Crippen LogP contribution in [0.25, 0.3) is 16.8 Å². The van der Waals surface area contributed by atoms with Crippen LogP contribution in [0.15, 0.2) is 54.7 Å². The molecule has 1 unspecified atom stereocenters. The van der Waals surface area contributed by atoms with Crippen LogP contribution in [0.2, 0.25) is 0 Å². The molecule has 4 rings (SSSR count). The van der Waals surface area contributed by atoms with Crippen LogP contribution in [-0.4, -0.2) is 31.3 Å². The fourth-order valence-electron chi connectivity index (χ4n) is 3.64. The highest BCUT2D eigenvalue weighted by Crippen LogP contribution is 2.31. The molecule has 1 amide bonds. The zero-order valence-electron chi connectivity index (χ0n) is 20.3. The molecule has 2 heterocycles. The lowest BCUT2D eigenvalue weighted by Crippen LogP contribution is -2.29. The number of hydrogen-bond acceptors (Lipinski definition) is 6. The number of carbonyl (C=O) groups is 1. The minimum atomic E-state index is -0.647. The second-order valence-electron chi connectivity index (χ2n) is 8.79. The van der Waals surface area contributed by atoms with Gasteiger partial charge in [0.1, 0.15) is 11.6 Å². The molecule has 0 bridgehead atoms. The number of carbonyl (C=O) groups excluding carboxylic acids is 1. The van der Waals surface area contributed by atoms with Gasteiger partial charge < -0.3 is 10.1 Å². The Morgan fingerprint density at radius 2 is 1.86 bits per heavy atom. The number of aromatic nitrogens is 5. The molecule has 180 valence electrons. The molecule has 0 saturated carbocycles. The largest absolute Gasteiger partial charge is 0.413 e. The first-order valence-electron chi connectivity index (χ1n) is 11.3. The number of halogens is 1. The number of amides is 1. The molecule has 1 N–H and O–H groups in total. The number of rotatable bonds is 6. The highest BCUT2D eigenvalue weighted by molar-refractivity contribution is 5.74. The lowest BCUT2D eigenvalue weighted by atomic mass is 10.0. The zero-order valence-corrected chi connectivity index (χ0v) is 20.3. The molecular formula is C26H27FN6O2. The molecule has 2 aromatic heterocycles. The summed E-state index contributed by atoms with van der Waals surface area (Å²) in [5, 5.41) is 14.8. The van der Waals surface area contributed by atoms with E-state index < -0.39 is 6.09 Å². The summed E-state index contributed by atoms with van der Waals surface area (Å²) in [5.41, 5.74) is 4.00. The minimum absolute atomic E-state index is 0.0430. The quantitative estimate of drug-likeness (QED) is 0.399. The van der Waals surface area contributed by atoms with Crippen LogP contribution in [0, 0.1) is 19.7 Å². The van der Waals surface area contributed by atoms with Crippen molar-refractivity contribution < 1.29 is 13.9 Å². The highest BCUT2D eigenvalue weighted by atomic mass is 19.1. The van der Waals surface area contributed by atoms with E-state index in [0.717, 1.165) is 16.8 Å². The van der Waals surface area contributed by atoms with Gasteiger partial charge in [0.25, 0.3) is 0 Å². The van der Waals surface area contributed by atoms with Crippen LogP contribution >= 0.6 is 0 Å². The Balaban J connectivity index is 1.68. The van der Waals surface area contributed by atoms with Gasteiger partial charge in [-0.05, 0) is 72.2 Å². The summed E-state index contributed by atoms with van der Waals surface area (Å²) < 4.78 is 22.0. The van der Waals surface area contributed by atoms with E-state index in [1.54, 1.807) is 35.1 Å². The van der Waals surface area contributed by atoms with E-state index in [1.165, 1.54) is 6.07 Å². The standard InChI is InChI=1S/C26H27FN6O2/c1-15(2)25-30-31-32-33(25)21-11-20(23-9-6-16(3)10-24(23)27)12-22(13-21)35-26(34)29-18(5)19-8-7-17(4)28-14-19/h6-15,18H,1-5H3,(H,29,34). The summed E-state index contributed by atoms with van der Waals surface area (Å²) in [5.74, 6) is 0.525. The van der Waals surface area contributed by atoms with Crippen LogP contribution in [0.5, 0.6) is 5.75 Å². The summed E-state index contributed by atoms with van der Waals surface area (Å²) >= 11 is 0. The molecule has 0 aliphatic carbocycles. The van der Waals surface area contributed by atoms with E-state index in [0.29, 0.717) is 22.6 Å². The molecule has 0 saturated heterocycles. The molecule has 8 nitrogen and oxygen atoms in total. The van der Waals surface area contributed by atoms with Crippen LogP contribution in [0.3, 0.4) is 0 Å². The first-order valence-corrected chi connectivity index (χ1v) is 11.3. The van der Waals surface area contributed by atoms with Crippen molar-refractivity contribution in [2.45, 2.75) is 46.6 Å². The summed E-state index contributed by atoms with van der Waals surface area (Å²) in [6.07, 6.45) is 1.07. The van der Waals surface area contributed by atoms with E-state index in [1.807, 2.05) is 52.8 Å². The third-order valence-corrected chi connectivity index (χ3v) is 5.56. The Morgan fingerprint density at radius 3 is 2.54 bits per heavy atom. The van der Waals surface area contributed by atoms with E-state index in [9.17, 15) is 9.18 Å². The van der Waals surface area contributed by atoms with Crippen molar-refractivity contribution in [2.75, 3.05) is 0 Å². The van der Waals surface area contributed by atoms with Gasteiger partial charge in [0.15, 0.2) is 5.82 Å². The molecule has 35 heavy (non-hydrogen) atoms. The summed E-state index contributed by atoms with van der Waals surface area (Å²) in [4.78, 5) is 17.0. The normalized spacial score (nSPS) is 12.0. The van der Waals surface area contributed by atoms with Crippen molar-refractivity contribution in [3.63, 3.8) is 0 Å². The van der Waals surface area contributed by atoms with Gasteiger partial charge in [0.2, 0.25) is 0 Å². The average Bonchev–Trinajstić information content (AvgIpc) is 3.29. The molecule has 9 heteroatoms. The molecule has 0 spiro atoms. The Labute approximate surface area is 203 Å². The van der Waals surface area contributed by atoms with Gasteiger partial charge in [-0.2, -0.15) is 4.68 Å². The maximum Gasteiger partial charge on any atom is 0.413 e. The van der Waals surface area contributed by atoms with E-state index in [2.05, 4.69) is 25.8 Å². The number of hydrogen-bond donors (Lipinski definition) is 1. The summed E-state index contributed by atoms with van der Waals surface area (Å²) in [6, 6.07) is 13.5. The first kappa shape index (κ1) is 24.0. The number of tetrazole rings is 1. The number of pyridine rings is 1. The Morgan fingerprint density at radius 1 is 1.06 bits per heavy atom. The van der Waals surface area contributed by atoms with Gasteiger partial charge in [-0.25, -0.2) is 9.18 Å². The van der Waals surface area contributed by atoms with Crippen LogP contribution < -0.4 is 10.1 Å². The van der Waals surface area contributed by atoms with Gasteiger partial charge in [-0.15, -0.1) is 5.10 Å². The molecule has 2 aromatic carbocycles. The smallest absolute Gasteiger partial charge is 0.410 e. The number of nitrogens with zero attached hydrogens (tertiary/aromatic N) is 5. The summed E-state index contributed by atoms with van der Waals surface area (Å²) in [7, 11) is 0. The van der Waals surface area contributed by atoms with Crippen molar-refractivity contribution in [1.82, 2.24) is 30.5 Å². The molecular weight excluding hydrogens is 447 g/mol. The SMILES string of the molecule is Cc1ccc(-c2cc(OC(=O)NC(C)c3ccc(C)nc3)cc(-n3nnnc3C(C)C)c2)c(F)c1. The highest BCUT2D eigenvalue weighted by Gasteiger charge is 2.18. The molecule has 1 atom stereocenters. The first-order chi connectivity index (χ1) is 16.7. The zero-order chi connectivity index (χ0) is 25.1. The molecule has 0 aliphatic rings. The van der Waals surface area contributed by atoms with E-state index in [-0.39, 0.29) is 23.5 Å². The van der Waals surface area contributed by atoms with Gasteiger partial charge in [-0.3, -0.25) is 4.98 Å². The summed E-state index contributed by atoms with van der Waals surface area (Å²) in [6.45, 7) is 9.50. The lowest BCUT2D eigenvalue weighted by molar-refractivity contribution is 0.197. The predicted octanol–water partition coefficient (Wildman–Crippen LogP) is 5.45. The molecule has 0 fully saturated rings. The van der Waals surface area contributed by atoms with Crippen LogP contribution in [0.4, 0.5) is 9.18 Å². The van der Waals surface area contributed by atoms with Crippen molar-refractivity contribution in [3.8, 4) is 22.6 Å². The van der Waals surface area contributed by atoms with Crippen molar-refractivity contribution in [1.29, 1.82) is 0 Å². The third kappa shape index (κ3) is 5.51. The average molecular weight is 475 g/mol. The van der Waals surface area contributed by atoms with E-state index in [4.69, 9.17) is 4.74 Å². The number of ether oxygens (including phenoxy) is 1. The minimum Gasteiger partial charge on any atom is -0.410 e. The predicted molar refractivity (Wildman–Crippen MR) is 130 cm³/mol. The number of benzene rings is 2. The fourth-order valence-corrected chi connectivity index (χ4v) is 3.64. The topological polar surface area (TPSA) is 94.8 Å². The van der Waals surface area contributed by atoms with Crippen molar-refractivity contribution in [2.24, 2.45) is 0 Å². The molecule has 0 radical (unpaired) electrons. The lowest BCUT2D eigenvalue weighted by Gasteiger charge is -2.16. The Hall–Kier alpha value is -4.14. The number of nitrogens with one attached hydrogen (secondary N) is 1. The molecule has 4 aromatic rings. The van der Waals surface area contributed by atoms with Crippen LogP contribution in [-0.2, 0) is 0 Å². The van der Waals surface area contributed by atoms with Crippen molar-refractivity contribution >= 4 is 6.09 Å². The maximum atomic E-state index is 14.8. The van der Waals surface area contributed by atoms with Crippen molar-refractivity contribution in [3.05, 3.63) is 83.2 Å². The fraction of sp³-hybridized carbons (Fsp3) is 0.269. The monoisotopic (exact) mass is 474 g/mol. The second kappa shape index (κ2) is 10.0. The van der Waals surface area contributed by atoms with Crippen LogP contribution in [0.1, 0.15) is 55.4 Å². The van der Waals surface area contributed by atoms with Gasteiger partial charge in [0, 0.05) is 29.4 Å². The Bertz CT molecular complexity index is 1350. The molecule has 0 aliphatic heterocycles.